The molecule has 1 heterocycles. The van der Waals surface area contributed by atoms with Crippen LogP contribution in [0.4, 0.5) is 4.39 Å². The molecule has 1 aliphatic heterocycles. The molecule has 0 saturated carbocycles. The van der Waals surface area contributed by atoms with Gasteiger partial charge in [0.05, 0.1) is 6.10 Å². The topological polar surface area (TPSA) is 41.5 Å². The Morgan fingerprint density at radius 1 is 1.56 bits per heavy atom. The van der Waals surface area contributed by atoms with Crippen LogP contribution in [-0.2, 0) is 11.3 Å². The predicted molar refractivity (Wildman–Crippen MR) is 67.8 cm³/mol. The normalized spacial score (nSPS) is 27.7. The molecular weight excluding hydrogens is 233 g/mol. The van der Waals surface area contributed by atoms with Crippen molar-refractivity contribution in [3.63, 3.8) is 0 Å². The Labute approximate surface area is 107 Å². The number of aliphatic hydroxyl groups is 1. The van der Waals surface area contributed by atoms with Gasteiger partial charge in [0.1, 0.15) is 11.4 Å². The van der Waals surface area contributed by atoms with Crippen molar-refractivity contribution >= 4 is 0 Å². The molecule has 1 aromatic carbocycles. The first kappa shape index (κ1) is 13.5. The maximum Gasteiger partial charge on any atom is 0.123 e. The minimum atomic E-state index is -0.804. The molecule has 18 heavy (non-hydrogen) atoms. The van der Waals surface area contributed by atoms with Crippen LogP contribution in [0, 0.1) is 12.7 Å². The molecule has 0 amide bonds. The molecule has 0 aliphatic carbocycles. The van der Waals surface area contributed by atoms with Gasteiger partial charge in [-0.25, -0.2) is 4.39 Å². The van der Waals surface area contributed by atoms with Crippen molar-refractivity contribution in [1.82, 2.24) is 5.32 Å². The molecule has 2 atom stereocenters. The average molecular weight is 253 g/mol. The van der Waals surface area contributed by atoms with Crippen LogP contribution in [0.1, 0.15) is 24.5 Å². The zero-order valence-electron chi connectivity index (χ0n) is 10.9. The van der Waals surface area contributed by atoms with Gasteiger partial charge >= 0.3 is 0 Å². The first-order chi connectivity index (χ1) is 8.51. The molecule has 3 nitrogen and oxygen atoms in total. The Hall–Kier alpha value is -0.970. The van der Waals surface area contributed by atoms with Gasteiger partial charge in [-0.2, -0.15) is 0 Å². The van der Waals surface area contributed by atoms with Gasteiger partial charge in [-0.05, 0) is 37.1 Å². The Kier molecular flexibility index (Phi) is 4.00. The second-order valence-corrected chi connectivity index (χ2v) is 5.04. The minimum absolute atomic E-state index is 0.154. The third-order valence-corrected chi connectivity index (χ3v) is 3.72. The lowest BCUT2D eigenvalue weighted by Crippen LogP contribution is -2.45. The number of aryl methyl sites for hydroxylation is 1. The van der Waals surface area contributed by atoms with Gasteiger partial charge in [0, 0.05) is 26.1 Å². The summed E-state index contributed by atoms with van der Waals surface area (Å²) < 4.78 is 18.5. The van der Waals surface area contributed by atoms with Gasteiger partial charge in [0.2, 0.25) is 0 Å². The molecule has 2 N–H and O–H groups in total. The van der Waals surface area contributed by atoms with Gasteiger partial charge in [-0.1, -0.05) is 6.07 Å². The number of hydrogen-bond donors (Lipinski definition) is 2. The van der Waals surface area contributed by atoms with Gasteiger partial charge in [0.15, 0.2) is 0 Å². The highest BCUT2D eigenvalue weighted by molar-refractivity contribution is 5.26. The Balaban J connectivity index is 1.90. The number of hydrogen-bond acceptors (Lipinski definition) is 3. The van der Waals surface area contributed by atoms with E-state index in [4.69, 9.17) is 4.74 Å². The van der Waals surface area contributed by atoms with E-state index in [0.717, 1.165) is 11.1 Å². The first-order valence-electron chi connectivity index (χ1n) is 6.31. The highest BCUT2D eigenvalue weighted by Crippen LogP contribution is 2.24. The van der Waals surface area contributed by atoms with Crippen molar-refractivity contribution in [2.45, 2.75) is 38.5 Å². The fourth-order valence-electron chi connectivity index (χ4n) is 2.25. The van der Waals surface area contributed by atoms with Crippen LogP contribution in [0.15, 0.2) is 18.2 Å². The molecule has 0 radical (unpaired) electrons. The van der Waals surface area contributed by atoms with E-state index >= 15 is 0 Å². The van der Waals surface area contributed by atoms with E-state index in [1.807, 2.05) is 13.8 Å². The quantitative estimate of drug-likeness (QED) is 0.859. The van der Waals surface area contributed by atoms with Crippen LogP contribution in [-0.4, -0.2) is 30.0 Å². The van der Waals surface area contributed by atoms with Gasteiger partial charge in [-0.15, -0.1) is 0 Å². The SMILES string of the molecule is Cc1ccc(F)cc1CNCC1(O)CCOC1C. The van der Waals surface area contributed by atoms with E-state index < -0.39 is 5.60 Å². The molecular formula is C14H20FNO2. The number of nitrogens with one attached hydrogen (secondary N) is 1. The zero-order valence-corrected chi connectivity index (χ0v) is 10.9. The Morgan fingerprint density at radius 3 is 3.00 bits per heavy atom. The molecule has 1 fully saturated rings. The van der Waals surface area contributed by atoms with E-state index in [-0.39, 0.29) is 11.9 Å². The maximum atomic E-state index is 13.1. The molecule has 2 rings (SSSR count). The molecule has 100 valence electrons. The summed E-state index contributed by atoms with van der Waals surface area (Å²) in [4.78, 5) is 0. The third kappa shape index (κ3) is 2.88. The smallest absolute Gasteiger partial charge is 0.123 e. The summed E-state index contributed by atoms with van der Waals surface area (Å²) in [7, 11) is 0. The highest BCUT2D eigenvalue weighted by atomic mass is 19.1. The Bertz CT molecular complexity index is 424. The monoisotopic (exact) mass is 253 g/mol. The average Bonchev–Trinajstić information content (AvgIpc) is 2.64. The summed E-state index contributed by atoms with van der Waals surface area (Å²) in [5, 5.41) is 13.5. The van der Waals surface area contributed by atoms with Crippen LogP contribution in [0.2, 0.25) is 0 Å². The minimum Gasteiger partial charge on any atom is -0.386 e. The fourth-order valence-corrected chi connectivity index (χ4v) is 2.25. The van der Waals surface area contributed by atoms with E-state index in [1.165, 1.54) is 12.1 Å². The number of rotatable bonds is 4. The third-order valence-electron chi connectivity index (χ3n) is 3.72. The van der Waals surface area contributed by atoms with Crippen molar-refractivity contribution in [3.8, 4) is 0 Å². The van der Waals surface area contributed by atoms with Crippen LogP contribution in [0.25, 0.3) is 0 Å². The molecule has 0 spiro atoms. The summed E-state index contributed by atoms with van der Waals surface area (Å²) in [6.07, 6.45) is 0.488. The van der Waals surface area contributed by atoms with Crippen LogP contribution in [0.5, 0.6) is 0 Å². The van der Waals surface area contributed by atoms with Crippen molar-refractivity contribution < 1.29 is 14.2 Å². The van der Waals surface area contributed by atoms with Crippen molar-refractivity contribution in [2.24, 2.45) is 0 Å². The summed E-state index contributed by atoms with van der Waals surface area (Å²) in [6.45, 7) is 5.44. The molecule has 1 aliphatic rings. The molecule has 0 bridgehead atoms. The lowest BCUT2D eigenvalue weighted by molar-refractivity contribution is -0.0263. The van der Waals surface area contributed by atoms with Crippen molar-refractivity contribution in [2.75, 3.05) is 13.2 Å². The number of benzene rings is 1. The Morgan fingerprint density at radius 2 is 2.33 bits per heavy atom. The summed E-state index contributed by atoms with van der Waals surface area (Å²) in [6, 6.07) is 4.75. The van der Waals surface area contributed by atoms with Crippen LogP contribution in [0.3, 0.4) is 0 Å². The highest BCUT2D eigenvalue weighted by Gasteiger charge is 2.38. The standard InChI is InChI=1S/C14H20FNO2/c1-10-3-4-13(15)7-12(10)8-16-9-14(17)5-6-18-11(14)2/h3-4,7,11,16-17H,5-6,8-9H2,1-2H3. The van der Waals surface area contributed by atoms with Gasteiger partial charge < -0.3 is 15.2 Å². The second kappa shape index (κ2) is 5.34. The molecule has 1 saturated heterocycles. The zero-order chi connectivity index (χ0) is 13.2. The second-order valence-electron chi connectivity index (χ2n) is 5.04. The molecule has 1 aromatic rings. The lowest BCUT2D eigenvalue weighted by atomic mass is 9.96. The van der Waals surface area contributed by atoms with Crippen molar-refractivity contribution in [3.05, 3.63) is 35.1 Å². The molecule has 4 heteroatoms. The van der Waals surface area contributed by atoms with Gasteiger partial charge in [0.25, 0.3) is 0 Å². The van der Waals surface area contributed by atoms with E-state index in [2.05, 4.69) is 5.32 Å². The number of halogens is 1. The fraction of sp³-hybridized carbons (Fsp3) is 0.571. The van der Waals surface area contributed by atoms with E-state index in [0.29, 0.717) is 26.1 Å². The van der Waals surface area contributed by atoms with Crippen LogP contribution >= 0.6 is 0 Å². The largest absolute Gasteiger partial charge is 0.386 e. The van der Waals surface area contributed by atoms with Crippen LogP contribution < -0.4 is 5.32 Å². The number of ether oxygens (including phenoxy) is 1. The molecule has 2 unspecified atom stereocenters. The van der Waals surface area contributed by atoms with Crippen molar-refractivity contribution in [1.29, 1.82) is 0 Å². The lowest BCUT2D eigenvalue weighted by Gasteiger charge is -2.26. The van der Waals surface area contributed by atoms with E-state index in [1.54, 1.807) is 6.07 Å². The van der Waals surface area contributed by atoms with Gasteiger partial charge in [-0.3, -0.25) is 0 Å². The summed E-state index contributed by atoms with van der Waals surface area (Å²) in [5.41, 5.74) is 1.16. The predicted octanol–water partition coefficient (Wildman–Crippen LogP) is 1.76. The molecule has 0 aromatic heterocycles. The summed E-state index contributed by atoms with van der Waals surface area (Å²) in [5.74, 6) is -0.228. The maximum absolute atomic E-state index is 13.1. The van der Waals surface area contributed by atoms with E-state index in [9.17, 15) is 9.50 Å². The summed E-state index contributed by atoms with van der Waals surface area (Å²) >= 11 is 0. The first-order valence-corrected chi connectivity index (χ1v) is 6.31.